The van der Waals surface area contributed by atoms with E-state index in [2.05, 4.69) is 110 Å². The normalized spacial score (nSPS) is 18.5. The van der Waals surface area contributed by atoms with Crippen LogP contribution in [0, 0.1) is 0 Å². The number of aromatic nitrogens is 4. The fourth-order valence-electron chi connectivity index (χ4n) is 9.63. The highest BCUT2D eigenvalue weighted by molar-refractivity contribution is 6.22. The second-order valence-corrected chi connectivity index (χ2v) is 15.1. The molecule has 0 saturated heterocycles. The van der Waals surface area contributed by atoms with Gasteiger partial charge in [-0.15, -0.1) is 0 Å². The molecule has 2 atom stereocenters. The zero-order valence-corrected chi connectivity index (χ0v) is 29.6. The Bertz CT molecular complexity index is 2380. The third-order valence-corrected chi connectivity index (χ3v) is 12.2. The maximum Gasteiger partial charge on any atom is 0.0693 e. The molecule has 0 saturated carbocycles. The van der Waals surface area contributed by atoms with Crippen LogP contribution in [-0.4, -0.2) is 19.9 Å². The van der Waals surface area contributed by atoms with Crippen LogP contribution in [0.4, 0.5) is 0 Å². The molecule has 248 valence electrons. The van der Waals surface area contributed by atoms with Gasteiger partial charge >= 0.3 is 0 Å². The number of rotatable bonds is 6. The molecule has 5 heterocycles. The van der Waals surface area contributed by atoms with Crippen LogP contribution in [0.15, 0.2) is 72.8 Å². The molecule has 4 nitrogen and oxygen atoms in total. The van der Waals surface area contributed by atoms with E-state index < -0.39 is 0 Å². The molecular formula is C46H44N4. The first kappa shape index (κ1) is 29.9. The highest BCUT2D eigenvalue weighted by Crippen LogP contribution is 2.52. The minimum Gasteiger partial charge on any atom is -0.355 e. The molecule has 3 aromatic heterocycles. The SMILES string of the molecule is CCCCC1=C(C)c2cc3[nH]c(cc4nc(cc5[nH]c(cc1n2)c1c5-c2cccc5cccc-1c25)C(CCCC)=C4C)c1c3C2C=CC1CC2. The minimum atomic E-state index is 0.448. The molecule has 0 amide bonds. The standard InChI is InChI=1S/C46H44N4/c1-5-7-13-30-25(3)34-21-38-43-28-17-19-29(20-18-28)44(43)39(49-38)22-35-26(4)31(14-8-6-2)37(48-35)24-41-46-33-16-10-12-27-11-9-15-32(42(27)33)45(46)40(50-41)23-36(30)47-34/h9-12,15-17,19,21-24,28-29,49-50H,5-8,13-14,18,20H2,1-4H3. The summed E-state index contributed by atoms with van der Waals surface area (Å²) in [7, 11) is 0. The summed E-state index contributed by atoms with van der Waals surface area (Å²) < 4.78 is 0. The summed E-state index contributed by atoms with van der Waals surface area (Å²) in [6.45, 7) is 9.14. The maximum atomic E-state index is 5.47. The lowest BCUT2D eigenvalue weighted by Crippen LogP contribution is -2.15. The largest absolute Gasteiger partial charge is 0.355 e. The maximum absolute atomic E-state index is 5.47. The molecule has 2 aliphatic heterocycles. The minimum absolute atomic E-state index is 0.448. The monoisotopic (exact) mass is 652 g/mol. The Morgan fingerprint density at radius 2 is 1.06 bits per heavy atom. The van der Waals surface area contributed by atoms with Gasteiger partial charge in [0, 0.05) is 45.0 Å². The second kappa shape index (κ2) is 11.3. The molecule has 2 unspecified atom stereocenters. The second-order valence-electron chi connectivity index (χ2n) is 15.1. The van der Waals surface area contributed by atoms with Crippen molar-refractivity contribution in [3.63, 3.8) is 0 Å². The van der Waals surface area contributed by atoms with Crippen molar-refractivity contribution in [2.45, 2.75) is 90.9 Å². The summed E-state index contributed by atoms with van der Waals surface area (Å²) in [4.78, 5) is 18.8. The molecule has 10 bridgehead atoms. The van der Waals surface area contributed by atoms with E-state index in [1.165, 1.54) is 90.3 Å². The first-order chi connectivity index (χ1) is 24.5. The molecular weight excluding hydrogens is 609 g/mol. The number of nitrogens with zero attached hydrogens (tertiary/aromatic N) is 2. The van der Waals surface area contributed by atoms with Gasteiger partial charge in [-0.25, -0.2) is 9.97 Å². The number of benzene rings is 2. The van der Waals surface area contributed by atoms with Gasteiger partial charge in [0.2, 0.25) is 0 Å². The topological polar surface area (TPSA) is 57.4 Å². The van der Waals surface area contributed by atoms with E-state index in [-0.39, 0.29) is 0 Å². The summed E-state index contributed by atoms with van der Waals surface area (Å²) in [6, 6.07) is 22.9. The van der Waals surface area contributed by atoms with Crippen molar-refractivity contribution < 1.29 is 0 Å². The van der Waals surface area contributed by atoms with Crippen LogP contribution in [0.1, 0.15) is 125 Å². The number of hydrogen-bond donors (Lipinski definition) is 2. The van der Waals surface area contributed by atoms with Gasteiger partial charge in [0.25, 0.3) is 0 Å². The average Bonchev–Trinajstić information content (AvgIpc) is 3.91. The van der Waals surface area contributed by atoms with Crippen molar-refractivity contribution in [3.8, 4) is 22.3 Å². The van der Waals surface area contributed by atoms with E-state index in [9.17, 15) is 0 Å². The lowest BCUT2D eigenvalue weighted by atomic mass is 9.72. The van der Waals surface area contributed by atoms with Crippen molar-refractivity contribution in [1.82, 2.24) is 19.9 Å². The molecule has 50 heavy (non-hydrogen) atoms. The number of unbranched alkanes of at least 4 members (excludes halogenated alkanes) is 2. The molecule has 0 radical (unpaired) electrons. The third-order valence-electron chi connectivity index (χ3n) is 12.2. The zero-order chi connectivity index (χ0) is 33.7. The van der Waals surface area contributed by atoms with Gasteiger partial charge in [-0.05, 0) is 132 Å². The first-order valence-electron chi connectivity index (χ1n) is 19.0. The Kier molecular flexibility index (Phi) is 6.75. The van der Waals surface area contributed by atoms with Crippen molar-refractivity contribution in [1.29, 1.82) is 0 Å². The Hall–Kier alpha value is -4.96. The van der Waals surface area contributed by atoms with E-state index >= 15 is 0 Å². The molecule has 2 aromatic carbocycles. The van der Waals surface area contributed by atoms with E-state index in [0.717, 1.165) is 72.3 Å². The predicted molar refractivity (Wildman–Crippen MR) is 211 cm³/mol. The molecule has 4 heteroatoms. The highest BCUT2D eigenvalue weighted by atomic mass is 14.8. The van der Waals surface area contributed by atoms with Crippen LogP contribution in [0.2, 0.25) is 0 Å². The Morgan fingerprint density at radius 3 is 1.52 bits per heavy atom. The fourth-order valence-corrected chi connectivity index (χ4v) is 9.63. The molecule has 4 aliphatic carbocycles. The number of fused-ring (bicyclic) bond motifs is 14. The molecule has 5 aromatic rings. The van der Waals surface area contributed by atoms with Gasteiger partial charge in [0.1, 0.15) is 0 Å². The first-order valence-corrected chi connectivity index (χ1v) is 19.0. The average molecular weight is 653 g/mol. The van der Waals surface area contributed by atoms with E-state index in [1.54, 1.807) is 0 Å². The lowest BCUT2D eigenvalue weighted by Gasteiger charge is -2.31. The third kappa shape index (κ3) is 4.30. The Balaban J connectivity index is 1.36. The number of H-pyrrole nitrogens is 2. The summed E-state index contributed by atoms with van der Waals surface area (Å²) in [5, 5.41) is 2.64. The van der Waals surface area contributed by atoms with Crippen LogP contribution in [0.25, 0.3) is 77.4 Å². The van der Waals surface area contributed by atoms with Crippen LogP contribution >= 0.6 is 0 Å². The van der Waals surface area contributed by atoms with E-state index in [1.807, 2.05) is 0 Å². The number of allylic oxidation sites excluding steroid dienone is 6. The quantitative estimate of drug-likeness (QED) is 0.176. The van der Waals surface area contributed by atoms with Crippen LogP contribution in [-0.2, 0) is 0 Å². The highest BCUT2D eigenvalue weighted by Gasteiger charge is 2.33. The van der Waals surface area contributed by atoms with Gasteiger partial charge < -0.3 is 9.97 Å². The van der Waals surface area contributed by atoms with Crippen LogP contribution in [0.3, 0.4) is 0 Å². The number of nitrogens with one attached hydrogen (secondary N) is 2. The molecule has 2 N–H and O–H groups in total. The lowest BCUT2D eigenvalue weighted by molar-refractivity contribution is 0.562. The fraction of sp³-hybridized carbons (Fsp3) is 0.304. The number of aromatic amines is 2. The summed E-state index contributed by atoms with van der Waals surface area (Å²) >= 11 is 0. The zero-order valence-electron chi connectivity index (χ0n) is 29.6. The van der Waals surface area contributed by atoms with E-state index in [4.69, 9.17) is 9.97 Å². The van der Waals surface area contributed by atoms with Crippen molar-refractivity contribution >= 4 is 55.1 Å². The molecule has 6 aliphatic rings. The van der Waals surface area contributed by atoms with Gasteiger partial charge in [-0.3, -0.25) is 0 Å². The smallest absolute Gasteiger partial charge is 0.0693 e. The van der Waals surface area contributed by atoms with Crippen LogP contribution in [0.5, 0.6) is 0 Å². The summed E-state index contributed by atoms with van der Waals surface area (Å²) in [6.07, 6.45) is 14.0. The Morgan fingerprint density at radius 1 is 0.600 bits per heavy atom. The molecule has 11 rings (SSSR count). The van der Waals surface area contributed by atoms with Gasteiger partial charge in [0.15, 0.2) is 0 Å². The number of hydrogen-bond acceptors (Lipinski definition) is 2. The van der Waals surface area contributed by atoms with Gasteiger partial charge in [-0.2, -0.15) is 0 Å². The van der Waals surface area contributed by atoms with Crippen molar-refractivity contribution in [2.24, 2.45) is 0 Å². The Labute approximate surface area is 294 Å². The van der Waals surface area contributed by atoms with Crippen LogP contribution < -0.4 is 0 Å². The van der Waals surface area contributed by atoms with E-state index in [0.29, 0.717) is 11.8 Å². The van der Waals surface area contributed by atoms with Gasteiger partial charge in [0.05, 0.1) is 22.8 Å². The van der Waals surface area contributed by atoms with Crippen molar-refractivity contribution in [3.05, 3.63) is 107 Å². The summed E-state index contributed by atoms with van der Waals surface area (Å²) in [5.74, 6) is 0.897. The van der Waals surface area contributed by atoms with Crippen molar-refractivity contribution in [2.75, 3.05) is 0 Å². The molecule has 0 fully saturated rings. The van der Waals surface area contributed by atoms with Gasteiger partial charge in [-0.1, -0.05) is 75.2 Å². The summed E-state index contributed by atoms with van der Waals surface area (Å²) in [5.41, 5.74) is 22.6. The predicted octanol–water partition coefficient (Wildman–Crippen LogP) is 12.9. The molecule has 0 spiro atoms.